The van der Waals surface area contributed by atoms with Crippen LogP contribution in [0.15, 0.2) is 48.5 Å². The first-order valence-electron chi connectivity index (χ1n) is 12.9. The van der Waals surface area contributed by atoms with E-state index in [1.807, 2.05) is 48.5 Å². The molecule has 0 aromatic heterocycles. The average Bonchev–Trinajstić information content (AvgIpc) is 3.52. The zero-order chi connectivity index (χ0) is 29.2. The van der Waals surface area contributed by atoms with Crippen molar-refractivity contribution < 1.29 is 43.3 Å². The molecule has 0 spiro atoms. The maximum absolute atomic E-state index is 13.1. The van der Waals surface area contributed by atoms with Crippen LogP contribution in [-0.2, 0) is 33.4 Å². The molecule has 2 aliphatic rings. The van der Waals surface area contributed by atoms with E-state index in [4.69, 9.17) is 9.47 Å². The Balaban J connectivity index is 1.45. The van der Waals surface area contributed by atoms with E-state index < -0.39 is 65.8 Å². The fourth-order valence-electron chi connectivity index (χ4n) is 5.03. The van der Waals surface area contributed by atoms with Crippen molar-refractivity contribution in [3.8, 4) is 11.1 Å². The SMILES string of the molecule is COC(=O)[C@H]1[C@H](NC(=O)[C@H](CC(=O)OC(C)(C)C)NC(=O)OCC2c3ccccc3-c3ccccc32)[C@@H]1C(=O)O. The van der Waals surface area contributed by atoms with E-state index in [0.29, 0.717) is 0 Å². The predicted molar refractivity (Wildman–Crippen MR) is 141 cm³/mol. The summed E-state index contributed by atoms with van der Waals surface area (Å²) in [5.41, 5.74) is 3.25. The number of methoxy groups -OCH3 is 1. The van der Waals surface area contributed by atoms with Crippen LogP contribution in [-0.4, -0.2) is 66.4 Å². The van der Waals surface area contributed by atoms with Gasteiger partial charge >= 0.3 is 24.0 Å². The molecule has 0 bridgehead atoms. The van der Waals surface area contributed by atoms with Gasteiger partial charge in [0.2, 0.25) is 5.91 Å². The van der Waals surface area contributed by atoms with Crippen molar-refractivity contribution in [1.82, 2.24) is 10.6 Å². The van der Waals surface area contributed by atoms with Gasteiger partial charge < -0.3 is 30.0 Å². The molecule has 0 heterocycles. The third-order valence-electron chi connectivity index (χ3n) is 6.83. The van der Waals surface area contributed by atoms with Crippen molar-refractivity contribution in [2.75, 3.05) is 13.7 Å². The minimum absolute atomic E-state index is 0.0191. The molecule has 1 fully saturated rings. The van der Waals surface area contributed by atoms with Crippen molar-refractivity contribution in [3.63, 3.8) is 0 Å². The normalized spacial score (nSPS) is 19.9. The first-order valence-corrected chi connectivity index (χ1v) is 12.9. The maximum Gasteiger partial charge on any atom is 0.407 e. The molecule has 2 aromatic rings. The number of hydrogen-bond acceptors (Lipinski definition) is 8. The summed E-state index contributed by atoms with van der Waals surface area (Å²) >= 11 is 0. The van der Waals surface area contributed by atoms with Crippen LogP contribution < -0.4 is 10.6 Å². The van der Waals surface area contributed by atoms with Gasteiger partial charge in [0.25, 0.3) is 0 Å². The Hall–Kier alpha value is -4.41. The van der Waals surface area contributed by atoms with Gasteiger partial charge in [-0.25, -0.2) is 4.79 Å². The summed E-state index contributed by atoms with van der Waals surface area (Å²) in [5.74, 6) is -6.18. The zero-order valence-electron chi connectivity index (χ0n) is 22.6. The van der Waals surface area contributed by atoms with Crippen LogP contribution in [0, 0.1) is 11.8 Å². The molecule has 0 aliphatic heterocycles. The lowest BCUT2D eigenvalue weighted by molar-refractivity contribution is -0.156. The second-order valence-corrected chi connectivity index (χ2v) is 10.8. The molecular weight excluding hydrogens is 520 g/mol. The van der Waals surface area contributed by atoms with E-state index in [2.05, 4.69) is 15.4 Å². The Morgan fingerprint density at radius 3 is 2.02 bits per heavy atom. The number of alkyl carbamates (subject to hydrolysis) is 1. The maximum atomic E-state index is 13.1. The monoisotopic (exact) mass is 552 g/mol. The Morgan fingerprint density at radius 2 is 1.50 bits per heavy atom. The van der Waals surface area contributed by atoms with Crippen LogP contribution in [0.2, 0.25) is 0 Å². The van der Waals surface area contributed by atoms with Gasteiger partial charge in [0.15, 0.2) is 0 Å². The third-order valence-corrected chi connectivity index (χ3v) is 6.83. The first-order chi connectivity index (χ1) is 18.9. The minimum Gasteiger partial charge on any atom is -0.481 e. The number of carbonyl (C=O) groups excluding carboxylic acids is 4. The van der Waals surface area contributed by atoms with Crippen molar-refractivity contribution in [2.24, 2.45) is 11.8 Å². The van der Waals surface area contributed by atoms with Crippen LogP contribution >= 0.6 is 0 Å². The van der Waals surface area contributed by atoms with Gasteiger partial charge in [0, 0.05) is 5.92 Å². The number of benzene rings is 2. The Kier molecular flexibility index (Phi) is 8.13. The molecule has 11 nitrogen and oxygen atoms in total. The van der Waals surface area contributed by atoms with Crippen LogP contribution in [0.25, 0.3) is 11.1 Å². The summed E-state index contributed by atoms with van der Waals surface area (Å²) in [5, 5.41) is 14.3. The average molecular weight is 553 g/mol. The van der Waals surface area contributed by atoms with Gasteiger partial charge in [-0.1, -0.05) is 48.5 Å². The highest BCUT2D eigenvalue weighted by Gasteiger charge is 2.61. The summed E-state index contributed by atoms with van der Waals surface area (Å²) < 4.78 is 15.4. The number of rotatable bonds is 9. The number of carboxylic acids is 1. The lowest BCUT2D eigenvalue weighted by atomic mass is 9.98. The number of carboxylic acid groups (broad SMARTS) is 1. The number of hydrogen-bond donors (Lipinski definition) is 3. The van der Waals surface area contributed by atoms with Gasteiger partial charge in [-0.05, 0) is 43.0 Å². The summed E-state index contributed by atoms with van der Waals surface area (Å²) in [4.78, 5) is 62.0. The van der Waals surface area contributed by atoms with E-state index in [0.717, 1.165) is 29.4 Å². The molecule has 0 unspecified atom stereocenters. The summed E-state index contributed by atoms with van der Waals surface area (Å²) in [6.45, 7) is 4.94. The molecule has 4 atom stereocenters. The quantitative estimate of drug-likeness (QED) is 0.314. The second-order valence-electron chi connectivity index (χ2n) is 10.8. The lowest BCUT2D eigenvalue weighted by Crippen LogP contribution is -2.50. The smallest absolute Gasteiger partial charge is 0.407 e. The molecular formula is C29H32N2O9. The van der Waals surface area contributed by atoms with Crippen LogP contribution in [0.3, 0.4) is 0 Å². The molecule has 40 heavy (non-hydrogen) atoms. The molecule has 11 heteroatoms. The summed E-state index contributed by atoms with van der Waals surface area (Å²) in [6, 6.07) is 13.1. The molecule has 1 saturated carbocycles. The van der Waals surface area contributed by atoms with E-state index >= 15 is 0 Å². The molecule has 0 radical (unpaired) electrons. The van der Waals surface area contributed by atoms with Gasteiger partial charge in [-0.15, -0.1) is 0 Å². The summed E-state index contributed by atoms with van der Waals surface area (Å²) in [6.07, 6.45) is -1.48. The van der Waals surface area contributed by atoms with E-state index in [-0.39, 0.29) is 12.5 Å². The lowest BCUT2D eigenvalue weighted by Gasteiger charge is -2.23. The topological polar surface area (TPSA) is 157 Å². The minimum atomic E-state index is -1.45. The number of aliphatic carboxylic acids is 1. The Morgan fingerprint density at radius 1 is 0.925 bits per heavy atom. The van der Waals surface area contributed by atoms with Crippen LogP contribution in [0.1, 0.15) is 44.2 Å². The number of nitrogens with one attached hydrogen (secondary N) is 2. The number of ether oxygens (including phenoxy) is 3. The molecule has 3 N–H and O–H groups in total. The number of fused-ring (bicyclic) bond motifs is 3. The Bertz CT molecular complexity index is 1290. The van der Waals surface area contributed by atoms with Crippen LogP contribution in [0.4, 0.5) is 4.79 Å². The zero-order valence-corrected chi connectivity index (χ0v) is 22.6. The molecule has 4 rings (SSSR count). The van der Waals surface area contributed by atoms with Crippen molar-refractivity contribution in [3.05, 3.63) is 59.7 Å². The predicted octanol–water partition coefficient (Wildman–Crippen LogP) is 2.61. The van der Waals surface area contributed by atoms with Crippen molar-refractivity contribution in [1.29, 1.82) is 0 Å². The molecule has 2 amide bonds. The highest BCUT2D eigenvalue weighted by molar-refractivity contribution is 5.94. The molecule has 2 aromatic carbocycles. The van der Waals surface area contributed by atoms with Gasteiger partial charge in [0.05, 0.1) is 31.4 Å². The van der Waals surface area contributed by atoms with Gasteiger partial charge in [0.1, 0.15) is 18.2 Å². The highest BCUT2D eigenvalue weighted by Crippen LogP contribution is 2.44. The number of amides is 2. The van der Waals surface area contributed by atoms with E-state index in [9.17, 15) is 29.1 Å². The standard InChI is InChI=1S/C29H32N2O9/c1-29(2,3)40-21(32)13-20(25(33)31-24-22(26(34)35)23(24)27(36)38-4)30-28(37)39-14-19-17-11-7-5-9-15(17)16-10-6-8-12-18(16)19/h5-12,19-20,22-24H,13-14H2,1-4H3,(H,30,37)(H,31,33)(H,34,35)/t20-,22+,23+,24+/m0/s1. The van der Waals surface area contributed by atoms with E-state index in [1.54, 1.807) is 20.8 Å². The van der Waals surface area contributed by atoms with Crippen LogP contribution in [0.5, 0.6) is 0 Å². The molecule has 0 saturated heterocycles. The van der Waals surface area contributed by atoms with Gasteiger partial charge in [-0.3, -0.25) is 19.2 Å². The fraction of sp³-hybridized carbons (Fsp3) is 0.414. The van der Waals surface area contributed by atoms with Gasteiger partial charge in [-0.2, -0.15) is 0 Å². The van der Waals surface area contributed by atoms with Crippen molar-refractivity contribution >= 4 is 29.9 Å². The fourth-order valence-corrected chi connectivity index (χ4v) is 5.03. The second kappa shape index (κ2) is 11.4. The number of esters is 2. The summed E-state index contributed by atoms with van der Waals surface area (Å²) in [7, 11) is 1.11. The molecule has 2 aliphatic carbocycles. The third kappa shape index (κ3) is 6.24. The molecule has 212 valence electrons. The largest absolute Gasteiger partial charge is 0.481 e. The first kappa shape index (κ1) is 28.6. The number of carbonyl (C=O) groups is 5. The van der Waals surface area contributed by atoms with Crippen molar-refractivity contribution in [2.45, 2.75) is 50.8 Å². The highest BCUT2D eigenvalue weighted by atomic mass is 16.6. The Labute approximate surface area is 231 Å². The van der Waals surface area contributed by atoms with E-state index in [1.165, 1.54) is 0 Å².